The number of nitrogens with two attached hydrogens (primary N) is 1. The minimum Gasteiger partial charge on any atom is -0.458 e. The zero-order chi connectivity index (χ0) is 17.4. The van der Waals surface area contributed by atoms with Crippen LogP contribution in [0.3, 0.4) is 0 Å². The Labute approximate surface area is 154 Å². The van der Waals surface area contributed by atoms with Gasteiger partial charge in [0.25, 0.3) is 0 Å². The van der Waals surface area contributed by atoms with Crippen LogP contribution in [0.15, 0.2) is 70.5 Å². The van der Waals surface area contributed by atoms with Gasteiger partial charge in [-0.3, -0.25) is 0 Å². The molecule has 1 saturated heterocycles. The Hall–Kier alpha value is -2.33. The molecular weight excluding hydrogens is 380 g/mol. The quantitative estimate of drug-likeness (QED) is 0.726. The fourth-order valence-corrected chi connectivity index (χ4v) is 4.16. The van der Waals surface area contributed by atoms with Crippen LogP contribution in [0.4, 0.5) is 0 Å². The summed E-state index contributed by atoms with van der Waals surface area (Å²) in [6.45, 7) is 0. The van der Waals surface area contributed by atoms with Gasteiger partial charge in [-0.2, -0.15) is 5.26 Å². The van der Waals surface area contributed by atoms with Gasteiger partial charge in [0.2, 0.25) is 5.88 Å². The summed E-state index contributed by atoms with van der Waals surface area (Å²) in [6.07, 6.45) is -0.300. The fourth-order valence-electron chi connectivity index (χ4n) is 3.74. The number of hydrazine groups is 1. The van der Waals surface area contributed by atoms with Crippen LogP contribution < -0.4 is 16.6 Å². The van der Waals surface area contributed by atoms with E-state index in [1.807, 2.05) is 42.5 Å². The number of hydrogen-bond acceptors (Lipinski definition) is 5. The normalized spacial score (nSPS) is 28.2. The lowest BCUT2D eigenvalue weighted by Crippen LogP contribution is -2.40. The highest BCUT2D eigenvalue weighted by atomic mass is 79.9. The largest absolute Gasteiger partial charge is 0.458 e. The van der Waals surface area contributed by atoms with Gasteiger partial charge in [0.1, 0.15) is 6.07 Å². The lowest BCUT2D eigenvalue weighted by molar-refractivity contribution is 0.0340. The van der Waals surface area contributed by atoms with Crippen molar-refractivity contribution in [2.45, 2.75) is 18.2 Å². The highest BCUT2D eigenvalue weighted by Crippen LogP contribution is 2.47. The Kier molecular flexibility index (Phi) is 4.22. The van der Waals surface area contributed by atoms with E-state index in [0.29, 0.717) is 5.57 Å². The third kappa shape index (κ3) is 2.81. The van der Waals surface area contributed by atoms with E-state index in [0.717, 1.165) is 15.6 Å². The number of nitriles is 1. The summed E-state index contributed by atoms with van der Waals surface area (Å²) in [4.78, 5) is 0. The van der Waals surface area contributed by atoms with Crippen LogP contribution in [-0.4, -0.2) is 6.23 Å². The molecule has 2 aliphatic rings. The SMILES string of the molecule is N#CC1=C(N)OC2NNC(c3ccccc3)C2C1c1cccc(Br)c1. The summed E-state index contributed by atoms with van der Waals surface area (Å²) in [6, 6.07) is 20.5. The van der Waals surface area contributed by atoms with Gasteiger partial charge in [-0.1, -0.05) is 58.4 Å². The van der Waals surface area contributed by atoms with Gasteiger partial charge in [0, 0.05) is 16.3 Å². The minimum atomic E-state index is -0.300. The maximum atomic E-state index is 9.72. The van der Waals surface area contributed by atoms with Crippen LogP contribution in [0.25, 0.3) is 0 Å². The number of allylic oxidation sites excluding steroid dienone is 1. The van der Waals surface area contributed by atoms with E-state index in [-0.39, 0.29) is 30.0 Å². The predicted octanol–water partition coefficient (Wildman–Crippen LogP) is 3.05. The van der Waals surface area contributed by atoms with Crippen molar-refractivity contribution in [2.24, 2.45) is 11.7 Å². The standard InChI is InChI=1S/C19H17BrN4O/c20-13-8-4-7-12(9-13)15-14(10-21)18(22)25-19-16(15)17(23-24-19)11-5-2-1-3-6-11/h1-9,15-17,19,23-24H,22H2. The number of hydrogen-bond donors (Lipinski definition) is 3. The molecule has 0 saturated carbocycles. The molecule has 4 atom stereocenters. The summed E-state index contributed by atoms with van der Waals surface area (Å²) in [5, 5.41) is 9.72. The van der Waals surface area contributed by atoms with Gasteiger partial charge in [0.15, 0.2) is 6.23 Å². The Morgan fingerprint density at radius 2 is 1.80 bits per heavy atom. The molecule has 0 radical (unpaired) electrons. The summed E-state index contributed by atoms with van der Waals surface area (Å²) in [5.41, 5.74) is 15.2. The molecule has 25 heavy (non-hydrogen) atoms. The van der Waals surface area contributed by atoms with Crippen LogP contribution >= 0.6 is 15.9 Å². The first-order valence-corrected chi connectivity index (χ1v) is 8.86. The molecule has 2 aliphatic heterocycles. The number of nitrogens with one attached hydrogen (secondary N) is 2. The van der Waals surface area contributed by atoms with Crippen LogP contribution in [-0.2, 0) is 4.74 Å². The molecule has 4 unspecified atom stereocenters. The first-order valence-electron chi connectivity index (χ1n) is 8.07. The van der Waals surface area contributed by atoms with Crippen molar-refractivity contribution in [3.8, 4) is 6.07 Å². The van der Waals surface area contributed by atoms with Crippen molar-refractivity contribution in [2.75, 3.05) is 0 Å². The first kappa shape index (κ1) is 16.2. The molecule has 0 spiro atoms. The molecule has 2 aromatic carbocycles. The van der Waals surface area contributed by atoms with Gasteiger partial charge in [0.05, 0.1) is 11.6 Å². The Morgan fingerprint density at radius 1 is 1.04 bits per heavy atom. The lowest BCUT2D eigenvalue weighted by atomic mass is 9.74. The first-order chi connectivity index (χ1) is 12.2. The second-order valence-corrected chi connectivity index (χ2v) is 7.13. The molecule has 126 valence electrons. The second kappa shape index (κ2) is 6.52. The van der Waals surface area contributed by atoms with E-state index in [4.69, 9.17) is 10.5 Å². The van der Waals surface area contributed by atoms with Crippen LogP contribution in [0.5, 0.6) is 0 Å². The fraction of sp³-hybridized carbons (Fsp3) is 0.211. The number of halogens is 1. The third-order valence-electron chi connectivity index (χ3n) is 4.82. The van der Waals surface area contributed by atoms with Crippen molar-refractivity contribution in [3.05, 3.63) is 81.7 Å². The molecule has 2 aromatic rings. The summed E-state index contributed by atoms with van der Waals surface area (Å²) in [7, 11) is 0. The van der Waals surface area contributed by atoms with E-state index in [9.17, 15) is 5.26 Å². The van der Waals surface area contributed by atoms with Gasteiger partial charge < -0.3 is 10.5 Å². The van der Waals surface area contributed by atoms with Gasteiger partial charge in [-0.25, -0.2) is 10.9 Å². The number of fused-ring (bicyclic) bond motifs is 1. The number of benzene rings is 2. The molecule has 4 rings (SSSR count). The zero-order valence-corrected chi connectivity index (χ0v) is 14.9. The molecule has 5 nitrogen and oxygen atoms in total. The molecule has 6 heteroatoms. The molecule has 0 bridgehead atoms. The Balaban J connectivity index is 1.84. The van der Waals surface area contributed by atoms with E-state index >= 15 is 0 Å². The van der Waals surface area contributed by atoms with Crippen molar-refractivity contribution >= 4 is 15.9 Å². The van der Waals surface area contributed by atoms with E-state index in [1.165, 1.54) is 0 Å². The number of nitrogens with zero attached hydrogens (tertiary/aromatic N) is 1. The molecule has 0 amide bonds. The van der Waals surface area contributed by atoms with E-state index < -0.39 is 0 Å². The van der Waals surface area contributed by atoms with Crippen LogP contribution in [0, 0.1) is 17.2 Å². The average molecular weight is 397 g/mol. The van der Waals surface area contributed by atoms with Gasteiger partial charge in [-0.15, -0.1) is 0 Å². The molecule has 0 aliphatic carbocycles. The highest BCUT2D eigenvalue weighted by Gasteiger charge is 2.49. The summed E-state index contributed by atoms with van der Waals surface area (Å²) < 4.78 is 6.77. The van der Waals surface area contributed by atoms with Gasteiger partial charge in [-0.05, 0) is 23.3 Å². The highest BCUT2D eigenvalue weighted by molar-refractivity contribution is 9.10. The topological polar surface area (TPSA) is 83.1 Å². The monoisotopic (exact) mass is 396 g/mol. The van der Waals surface area contributed by atoms with Crippen molar-refractivity contribution in [1.82, 2.24) is 10.9 Å². The Bertz CT molecular complexity index is 861. The van der Waals surface area contributed by atoms with Crippen LogP contribution in [0.1, 0.15) is 23.1 Å². The predicted molar refractivity (Wildman–Crippen MR) is 97.5 cm³/mol. The van der Waals surface area contributed by atoms with Crippen molar-refractivity contribution in [1.29, 1.82) is 5.26 Å². The summed E-state index contributed by atoms with van der Waals surface area (Å²) in [5.74, 6) is 0.0318. The van der Waals surface area contributed by atoms with Crippen molar-refractivity contribution in [3.63, 3.8) is 0 Å². The second-order valence-electron chi connectivity index (χ2n) is 6.22. The molecule has 0 aromatic heterocycles. The number of ether oxygens (including phenoxy) is 1. The van der Waals surface area contributed by atoms with Gasteiger partial charge >= 0.3 is 0 Å². The molecule has 2 heterocycles. The molecule has 1 fully saturated rings. The van der Waals surface area contributed by atoms with E-state index in [2.05, 4.69) is 45.0 Å². The maximum absolute atomic E-state index is 9.72. The number of rotatable bonds is 2. The van der Waals surface area contributed by atoms with Crippen LogP contribution in [0.2, 0.25) is 0 Å². The summed E-state index contributed by atoms with van der Waals surface area (Å²) >= 11 is 3.53. The lowest BCUT2D eigenvalue weighted by Gasteiger charge is -2.36. The van der Waals surface area contributed by atoms with Crippen molar-refractivity contribution < 1.29 is 4.74 Å². The minimum absolute atomic E-state index is 0.00125. The molecular formula is C19H17BrN4O. The smallest absolute Gasteiger partial charge is 0.200 e. The maximum Gasteiger partial charge on any atom is 0.200 e. The third-order valence-corrected chi connectivity index (χ3v) is 5.31. The molecule has 4 N–H and O–H groups in total. The zero-order valence-electron chi connectivity index (χ0n) is 13.3. The average Bonchev–Trinajstić information content (AvgIpc) is 3.04. The van der Waals surface area contributed by atoms with E-state index in [1.54, 1.807) is 0 Å². The Morgan fingerprint density at radius 3 is 2.52 bits per heavy atom.